The summed E-state index contributed by atoms with van der Waals surface area (Å²) in [6.45, 7) is 3.58. The molecule has 7 heteroatoms. The number of aromatic nitrogens is 3. The fourth-order valence-corrected chi connectivity index (χ4v) is 6.30. The molecule has 3 aromatic carbocycles. The normalized spacial score (nSPS) is 15.0. The topological polar surface area (TPSA) is 87.0 Å². The average molecular weight is 565 g/mol. The number of benzene rings is 3. The Kier molecular flexibility index (Phi) is 7.51. The molecule has 2 aromatic heterocycles. The Labute approximate surface area is 251 Å². The van der Waals surface area contributed by atoms with E-state index in [-0.39, 0.29) is 5.82 Å². The summed E-state index contributed by atoms with van der Waals surface area (Å²) >= 11 is 0. The van der Waals surface area contributed by atoms with Gasteiger partial charge >= 0.3 is 0 Å². The van der Waals surface area contributed by atoms with Gasteiger partial charge in [-0.1, -0.05) is 66.7 Å². The molecule has 2 aliphatic heterocycles. The minimum Gasteiger partial charge on any atom is -0.491 e. The minimum atomic E-state index is 0.199. The van der Waals surface area contributed by atoms with Crippen LogP contribution in [0.2, 0.25) is 0 Å². The van der Waals surface area contributed by atoms with E-state index in [4.69, 9.17) is 10.00 Å². The van der Waals surface area contributed by atoms with Gasteiger partial charge in [-0.05, 0) is 63.9 Å². The molecular formula is C36H32N6O. The predicted molar refractivity (Wildman–Crippen MR) is 168 cm³/mol. The van der Waals surface area contributed by atoms with Crippen molar-refractivity contribution in [3.63, 3.8) is 0 Å². The van der Waals surface area contributed by atoms with Crippen LogP contribution in [0.1, 0.15) is 29.8 Å². The van der Waals surface area contributed by atoms with Gasteiger partial charge in [0, 0.05) is 50.1 Å². The Morgan fingerprint density at radius 3 is 2.49 bits per heavy atom. The molecule has 1 saturated heterocycles. The van der Waals surface area contributed by atoms with Crippen LogP contribution in [0.15, 0.2) is 97.5 Å². The van der Waals surface area contributed by atoms with Gasteiger partial charge in [-0.25, -0.2) is 9.97 Å². The largest absolute Gasteiger partial charge is 0.491 e. The second kappa shape index (κ2) is 12.0. The zero-order valence-electron chi connectivity index (χ0n) is 23.9. The lowest BCUT2D eigenvalue weighted by Crippen LogP contribution is -2.38. The Bertz CT molecular complexity index is 1770. The van der Waals surface area contributed by atoms with E-state index in [1.54, 1.807) is 6.20 Å². The van der Waals surface area contributed by atoms with Crippen molar-refractivity contribution in [1.82, 2.24) is 19.9 Å². The number of anilines is 1. The van der Waals surface area contributed by atoms with E-state index in [0.29, 0.717) is 12.6 Å². The van der Waals surface area contributed by atoms with Gasteiger partial charge in [0.25, 0.3) is 0 Å². The first-order chi connectivity index (χ1) is 21.2. The van der Waals surface area contributed by atoms with Gasteiger partial charge in [-0.2, -0.15) is 5.26 Å². The van der Waals surface area contributed by atoms with Crippen LogP contribution in [0.25, 0.3) is 33.4 Å². The number of hydrogen-bond acceptors (Lipinski definition) is 7. The summed E-state index contributed by atoms with van der Waals surface area (Å²) < 4.78 is 6.11. The molecule has 4 heterocycles. The van der Waals surface area contributed by atoms with E-state index in [9.17, 15) is 0 Å². The third-order valence-corrected chi connectivity index (χ3v) is 8.43. The molecule has 0 amide bonds. The summed E-state index contributed by atoms with van der Waals surface area (Å²) in [4.78, 5) is 15.0. The molecule has 0 saturated carbocycles. The molecule has 2 aliphatic rings. The number of hydrogen-bond donors (Lipinski definition) is 1. The van der Waals surface area contributed by atoms with Crippen molar-refractivity contribution < 1.29 is 4.74 Å². The van der Waals surface area contributed by atoms with Gasteiger partial charge in [0.1, 0.15) is 17.6 Å². The summed E-state index contributed by atoms with van der Waals surface area (Å²) in [5.74, 6) is 1.77. The number of fused-ring (bicyclic) bond motifs is 3. The lowest BCUT2D eigenvalue weighted by molar-refractivity contribution is 0.211. The van der Waals surface area contributed by atoms with Crippen molar-refractivity contribution >= 4 is 5.82 Å². The smallest absolute Gasteiger partial charge is 0.234 e. The number of rotatable bonds is 6. The average Bonchev–Trinajstić information content (AvgIpc) is 3.26. The zero-order valence-corrected chi connectivity index (χ0v) is 23.9. The van der Waals surface area contributed by atoms with E-state index in [1.165, 1.54) is 38.9 Å². The summed E-state index contributed by atoms with van der Waals surface area (Å²) in [5, 5.41) is 12.5. The maximum Gasteiger partial charge on any atom is 0.234 e. The van der Waals surface area contributed by atoms with Gasteiger partial charge in [-0.3, -0.25) is 9.88 Å². The lowest BCUT2D eigenvalue weighted by Gasteiger charge is -2.32. The molecule has 0 radical (unpaired) electrons. The lowest BCUT2D eigenvalue weighted by atomic mass is 9.85. The number of likely N-dealkylation sites (tertiary alicyclic amines) is 1. The van der Waals surface area contributed by atoms with Crippen LogP contribution >= 0.6 is 0 Å². The number of piperidine rings is 1. The first kappa shape index (κ1) is 26.8. The number of nitrogens with zero attached hydrogens (tertiary/aromatic N) is 5. The molecule has 7 nitrogen and oxygen atoms in total. The second-order valence-electron chi connectivity index (χ2n) is 11.1. The van der Waals surface area contributed by atoms with Crippen molar-refractivity contribution in [2.24, 2.45) is 0 Å². The number of nitrogens with one attached hydrogen (secondary N) is 1. The first-order valence-corrected chi connectivity index (χ1v) is 14.8. The molecule has 0 unspecified atom stereocenters. The highest BCUT2D eigenvalue weighted by Crippen LogP contribution is 2.43. The van der Waals surface area contributed by atoms with Crippen molar-refractivity contribution in [2.45, 2.75) is 31.8 Å². The third kappa shape index (κ3) is 5.70. The fourth-order valence-electron chi connectivity index (χ4n) is 6.30. The molecule has 5 aromatic rings. The monoisotopic (exact) mass is 564 g/mol. The SMILES string of the molecule is N#Cc1nccc(NC2CCN(Cc3ccc(-c4ccc5c(c4-c4ccccc4)CCOc4cnccc4-5)cc3)CC2)n1. The molecule has 0 aliphatic carbocycles. The maximum atomic E-state index is 9.06. The van der Waals surface area contributed by atoms with Crippen LogP contribution in [0.4, 0.5) is 5.82 Å². The van der Waals surface area contributed by atoms with Crippen LogP contribution < -0.4 is 10.1 Å². The quantitative estimate of drug-likeness (QED) is 0.244. The summed E-state index contributed by atoms with van der Waals surface area (Å²) in [6.07, 6.45) is 8.19. The minimum absolute atomic E-state index is 0.199. The molecular weight excluding hydrogens is 532 g/mol. The zero-order chi connectivity index (χ0) is 29.0. The Morgan fingerprint density at radius 1 is 0.860 bits per heavy atom. The highest BCUT2D eigenvalue weighted by molar-refractivity contribution is 5.91. The molecule has 0 spiro atoms. The van der Waals surface area contributed by atoms with Gasteiger partial charge < -0.3 is 10.1 Å². The molecule has 1 fully saturated rings. The molecule has 0 atom stereocenters. The maximum absolute atomic E-state index is 9.06. The molecule has 1 N–H and O–H groups in total. The standard InChI is InChI=1S/C36H32N6O/c37-22-35-39-18-13-34(41-35)40-28-14-19-42(20-15-28)24-25-6-8-26(9-7-25)29-10-11-30-31-12-17-38-23-33(31)43-21-16-32(30)36(29)27-4-2-1-3-5-27/h1-13,17-18,23,28H,14-16,19-21,24H2,(H,39,40,41). The molecule has 7 rings (SSSR count). The molecule has 212 valence electrons. The first-order valence-electron chi connectivity index (χ1n) is 14.8. The van der Waals surface area contributed by atoms with Gasteiger partial charge in [-0.15, -0.1) is 0 Å². The van der Waals surface area contributed by atoms with Gasteiger partial charge in [0.05, 0.1) is 12.8 Å². The third-order valence-electron chi connectivity index (χ3n) is 8.43. The Balaban J connectivity index is 1.10. The highest BCUT2D eigenvalue weighted by atomic mass is 16.5. The van der Waals surface area contributed by atoms with E-state index in [0.717, 1.165) is 56.0 Å². The number of ether oxygens (including phenoxy) is 1. The predicted octanol–water partition coefficient (Wildman–Crippen LogP) is 6.76. The van der Waals surface area contributed by atoms with E-state index in [1.807, 2.05) is 24.5 Å². The summed E-state index contributed by atoms with van der Waals surface area (Å²) in [6, 6.07) is 30.5. The van der Waals surface area contributed by atoms with Crippen LogP contribution in [-0.2, 0) is 13.0 Å². The summed E-state index contributed by atoms with van der Waals surface area (Å²) in [5.41, 5.74) is 9.91. The van der Waals surface area contributed by atoms with Crippen LogP contribution in [0.5, 0.6) is 5.75 Å². The van der Waals surface area contributed by atoms with Crippen LogP contribution in [0, 0.1) is 11.3 Å². The Morgan fingerprint density at radius 2 is 1.67 bits per heavy atom. The fraction of sp³-hybridized carbons (Fsp3) is 0.222. The second-order valence-corrected chi connectivity index (χ2v) is 11.1. The summed E-state index contributed by atoms with van der Waals surface area (Å²) in [7, 11) is 0. The van der Waals surface area contributed by atoms with E-state index >= 15 is 0 Å². The molecule has 43 heavy (non-hydrogen) atoms. The van der Waals surface area contributed by atoms with E-state index in [2.05, 4.69) is 98.0 Å². The highest BCUT2D eigenvalue weighted by Gasteiger charge is 2.23. The van der Waals surface area contributed by atoms with Crippen molar-refractivity contribution in [2.75, 3.05) is 25.0 Å². The van der Waals surface area contributed by atoms with Crippen LogP contribution in [-0.4, -0.2) is 45.6 Å². The van der Waals surface area contributed by atoms with Gasteiger partial charge in [0.2, 0.25) is 5.82 Å². The van der Waals surface area contributed by atoms with E-state index < -0.39 is 0 Å². The number of nitriles is 1. The molecule has 0 bridgehead atoms. The van der Waals surface area contributed by atoms with Crippen molar-refractivity contribution in [3.05, 3.63) is 114 Å². The van der Waals surface area contributed by atoms with Gasteiger partial charge in [0.15, 0.2) is 0 Å². The Hall–Kier alpha value is -5.06. The van der Waals surface area contributed by atoms with Crippen LogP contribution in [0.3, 0.4) is 0 Å². The number of pyridine rings is 1. The van der Waals surface area contributed by atoms with Crippen molar-refractivity contribution in [3.8, 4) is 45.2 Å². The van der Waals surface area contributed by atoms with Crippen molar-refractivity contribution in [1.29, 1.82) is 5.26 Å².